The fourth-order valence-corrected chi connectivity index (χ4v) is 11.8. The Morgan fingerprint density at radius 1 is 0.580 bits per heavy atom. The van der Waals surface area contributed by atoms with Crippen LogP contribution in [0.5, 0.6) is 0 Å². The minimum absolute atomic E-state index is 0.0738. The molecule has 2 aromatic carbocycles. The number of nitrogens with one attached hydrogen (secondary N) is 7. The summed E-state index contributed by atoms with van der Waals surface area (Å²) in [6, 6.07) is 4.61. The van der Waals surface area contributed by atoms with Crippen LogP contribution in [0, 0.1) is 5.92 Å². The second-order valence-corrected chi connectivity index (χ2v) is 26.1. The number of nitrogens with two attached hydrogens (primary N) is 7. The third-order valence-electron chi connectivity index (χ3n) is 16.3. The van der Waals surface area contributed by atoms with Crippen LogP contribution >= 0.6 is 11.8 Å². The van der Waals surface area contributed by atoms with Gasteiger partial charge in [0.05, 0.1) is 12.6 Å². The molecule has 2 heterocycles. The first-order valence-corrected chi connectivity index (χ1v) is 34.9. The van der Waals surface area contributed by atoms with Crippen molar-refractivity contribution in [3.63, 3.8) is 0 Å². The largest absolute Gasteiger partial charge is 0.481 e. The molecule has 2 fully saturated rings. The zero-order chi connectivity index (χ0) is 74.6. The van der Waals surface area contributed by atoms with Crippen LogP contribution in [0.15, 0.2) is 65.7 Å². The number of amides is 13. The number of carboxylic acid groups (broad SMARTS) is 1. The number of nitrogens with zero attached hydrogens (tertiary/aromatic N) is 4. The maximum Gasteiger partial charge on any atom is 0.300 e. The van der Waals surface area contributed by atoms with Crippen LogP contribution in [0.2, 0.25) is 0 Å². The summed E-state index contributed by atoms with van der Waals surface area (Å²) in [5.74, 6) is -10.5. The monoisotopic (exact) mass is 1420 g/mol. The summed E-state index contributed by atoms with van der Waals surface area (Å²) in [6.45, 7) is 5.03. The Kier molecular flexibility index (Phi) is 37.8. The first kappa shape index (κ1) is 84.8. The fraction of sp³-hybridized carbons (Fsp3) is 0.591. The maximum absolute atomic E-state index is 14.8. The van der Waals surface area contributed by atoms with E-state index in [-0.39, 0.29) is 83.0 Å². The van der Waals surface area contributed by atoms with Crippen LogP contribution in [0.1, 0.15) is 128 Å². The summed E-state index contributed by atoms with van der Waals surface area (Å²) in [5.41, 5.74) is 40.7. The van der Waals surface area contributed by atoms with Gasteiger partial charge in [0.1, 0.15) is 54.4 Å². The van der Waals surface area contributed by atoms with Crippen molar-refractivity contribution in [2.75, 3.05) is 51.8 Å². The van der Waals surface area contributed by atoms with Crippen molar-refractivity contribution in [1.29, 1.82) is 0 Å². The van der Waals surface area contributed by atoms with Gasteiger partial charge in [-0.05, 0) is 119 Å². The second kappa shape index (κ2) is 44.6. The summed E-state index contributed by atoms with van der Waals surface area (Å²) in [4.78, 5) is 196. The predicted molar refractivity (Wildman–Crippen MR) is 374 cm³/mol. The Morgan fingerprint density at radius 2 is 1.04 bits per heavy atom. The molecule has 0 bridgehead atoms. The third kappa shape index (κ3) is 30.8. The van der Waals surface area contributed by atoms with E-state index < -0.39 is 175 Å². The van der Waals surface area contributed by atoms with Gasteiger partial charge in [0.15, 0.2) is 5.96 Å². The van der Waals surface area contributed by atoms with Crippen LogP contribution in [-0.4, -0.2) is 221 Å². The zero-order valence-electron chi connectivity index (χ0n) is 57.8. The summed E-state index contributed by atoms with van der Waals surface area (Å²) >= 11 is 1.46. The molecule has 0 spiro atoms. The second-order valence-electron chi connectivity index (χ2n) is 25.1. The lowest BCUT2D eigenvalue weighted by atomic mass is 10.0. The van der Waals surface area contributed by atoms with Crippen molar-refractivity contribution in [1.82, 2.24) is 51.9 Å². The van der Waals surface area contributed by atoms with Gasteiger partial charge in [0, 0.05) is 59.3 Å². The number of unbranched alkanes of at least 4 members (excludes halogenated alkanes) is 1. The lowest BCUT2D eigenvalue weighted by molar-refractivity contribution is -0.144. The Bertz CT molecular complexity index is 3110. The van der Waals surface area contributed by atoms with E-state index in [9.17, 15) is 62.3 Å². The van der Waals surface area contributed by atoms with Crippen LogP contribution < -0.4 is 77.4 Å². The van der Waals surface area contributed by atoms with Gasteiger partial charge in [0.2, 0.25) is 76.8 Å². The smallest absolute Gasteiger partial charge is 0.300 e. The van der Waals surface area contributed by atoms with Gasteiger partial charge in [-0.25, -0.2) is 0 Å². The number of primary amides is 3. The standard InChI is InChI=1S/C64H100N18O13S.C2H4O2/c1-38(2)34-46(57(89)74-42(54(69)86)28-33-96-4)73-53(85)37-80(3)62(94)48(36-40-18-9-6-10-19-40)79-58(90)47(35-39-16-7-5-8-17-39)78-56(88)43(24-26-51(67)83)75-55(87)44(25-27-52(68)84)76-59(91)50-23-15-32-82(50)63(95)45(21-11-12-29-65)77-60(92)49-22-14-31-81(49)61(93)41(66)20-13-30-72-64(70)71;1-2(3)4/h5-10,16-19,38,41-50H,11-15,20-37,65-66H2,1-4H3,(H2,67,83)(H2,68,84)(H2,69,86)(H,73,85)(H,74,89)(H,75,87)(H,76,91)(H,77,92)(H,78,88)(H,79,90)(H4,70,71,72);1H3,(H,3,4)/t41-,42-,43-,44-,45-,46-,47-,48-,49-,50-;/m0./s1. The third-order valence-corrected chi connectivity index (χ3v) is 17.0. The van der Waals surface area contributed by atoms with Crippen LogP contribution in [0.25, 0.3) is 0 Å². The number of thioether (sulfide) groups is 1. The highest BCUT2D eigenvalue weighted by molar-refractivity contribution is 7.98. The van der Waals surface area contributed by atoms with Crippen molar-refractivity contribution >= 4 is 100 Å². The molecular weight excluding hydrogens is 1320 g/mol. The molecule has 2 aromatic rings. The van der Waals surface area contributed by atoms with E-state index in [1.165, 1.54) is 28.6 Å². The highest BCUT2D eigenvalue weighted by Crippen LogP contribution is 2.24. The minimum atomic E-state index is -1.64. The first-order chi connectivity index (χ1) is 47.4. The van der Waals surface area contributed by atoms with E-state index >= 15 is 0 Å². The first-order valence-electron chi connectivity index (χ1n) is 33.5. The van der Waals surface area contributed by atoms with E-state index in [4.69, 9.17) is 50.0 Å². The quantitative estimate of drug-likeness (QED) is 0.0176. The average molecular weight is 1420 g/mol. The lowest BCUT2D eigenvalue weighted by Crippen LogP contribution is -2.60. The van der Waals surface area contributed by atoms with Crippen molar-refractivity contribution < 1.29 is 72.2 Å². The van der Waals surface area contributed by atoms with E-state index in [1.807, 2.05) is 20.1 Å². The highest BCUT2D eigenvalue weighted by Gasteiger charge is 2.42. The summed E-state index contributed by atoms with van der Waals surface area (Å²) < 4.78 is 0. The molecule has 13 amide bonds. The SMILES string of the molecule is CC(=O)O.CSCC[C@H](NC(=O)[C@H](CC(C)C)NC(=O)CN(C)C(=O)[C@H](Cc1ccccc1)NC(=O)[C@H](Cc1ccccc1)NC(=O)[C@H](CCC(N)=O)NC(=O)[C@H](CCC(N)=O)NC(=O)[C@@H]1CCCN1C(=O)[C@H](CCCCN)NC(=O)[C@@H]1CCCN1C(=O)[C@@H](N)CCCN=C(N)N)C(N)=O. The Labute approximate surface area is 587 Å². The molecule has 0 aliphatic carbocycles. The van der Waals surface area contributed by atoms with E-state index in [1.54, 1.807) is 60.7 Å². The van der Waals surface area contributed by atoms with E-state index in [0.717, 1.165) is 11.8 Å². The number of carbonyl (C=O) groups excluding carboxylic acids is 13. The number of carbonyl (C=O) groups is 14. The summed E-state index contributed by atoms with van der Waals surface area (Å²) in [5, 5.41) is 26.1. The molecule has 22 N–H and O–H groups in total. The number of guanidine groups is 1. The number of hydrogen-bond acceptors (Lipinski definition) is 18. The summed E-state index contributed by atoms with van der Waals surface area (Å²) in [7, 11) is 1.33. The van der Waals surface area contributed by atoms with Crippen molar-refractivity contribution in [2.24, 2.45) is 51.0 Å². The fourth-order valence-electron chi connectivity index (χ4n) is 11.3. The molecule has 0 saturated carbocycles. The predicted octanol–water partition coefficient (Wildman–Crippen LogP) is -3.28. The average Bonchev–Trinajstić information content (AvgIpc) is 1.46. The number of rotatable bonds is 42. The number of likely N-dealkylation sites (N-methyl/N-ethyl adjacent to an activating group) is 1. The highest BCUT2D eigenvalue weighted by atomic mass is 32.2. The Balaban J connectivity index is 0.00000632. The maximum atomic E-state index is 14.8. The molecule has 10 atom stereocenters. The van der Waals surface area contributed by atoms with Gasteiger partial charge in [0.25, 0.3) is 5.97 Å². The van der Waals surface area contributed by atoms with Crippen molar-refractivity contribution in [3.8, 4) is 0 Å². The van der Waals surface area contributed by atoms with Gasteiger partial charge < -0.3 is 97.2 Å². The molecule has 34 heteroatoms. The number of likely N-dealkylation sites (tertiary alicyclic amines) is 2. The number of carboxylic acids is 1. The van der Waals surface area contributed by atoms with Gasteiger partial charge in [-0.15, -0.1) is 0 Å². The van der Waals surface area contributed by atoms with Crippen LogP contribution in [0.3, 0.4) is 0 Å². The molecule has 2 aliphatic heterocycles. The normalized spacial score (nSPS) is 16.4. The van der Waals surface area contributed by atoms with Gasteiger partial charge in [-0.3, -0.25) is 72.1 Å². The molecule has 0 unspecified atom stereocenters. The zero-order valence-corrected chi connectivity index (χ0v) is 58.6. The molecule has 554 valence electrons. The van der Waals surface area contributed by atoms with E-state index in [0.29, 0.717) is 55.4 Å². The Hall–Kier alpha value is -9.44. The van der Waals surface area contributed by atoms with Gasteiger partial charge in [-0.2, -0.15) is 11.8 Å². The van der Waals surface area contributed by atoms with Crippen molar-refractivity contribution in [2.45, 2.75) is 190 Å². The molecule has 2 saturated heterocycles. The molecular formula is C66H104N18O15S. The summed E-state index contributed by atoms with van der Waals surface area (Å²) in [6.07, 6.45) is 3.15. The molecule has 100 heavy (non-hydrogen) atoms. The van der Waals surface area contributed by atoms with Crippen LogP contribution in [-0.2, 0) is 80.0 Å². The van der Waals surface area contributed by atoms with E-state index in [2.05, 4.69) is 42.2 Å². The number of benzene rings is 2. The molecule has 0 radical (unpaired) electrons. The molecule has 4 rings (SSSR count). The molecule has 0 aromatic heterocycles. The topological polar surface area (TPSA) is 548 Å². The molecule has 33 nitrogen and oxygen atoms in total. The minimum Gasteiger partial charge on any atom is -0.481 e. The lowest BCUT2D eigenvalue weighted by Gasteiger charge is -2.32. The van der Waals surface area contributed by atoms with Gasteiger partial charge >= 0.3 is 0 Å². The molecule has 2 aliphatic rings. The van der Waals surface area contributed by atoms with Crippen molar-refractivity contribution in [3.05, 3.63) is 71.8 Å². The van der Waals surface area contributed by atoms with Gasteiger partial charge in [-0.1, -0.05) is 74.5 Å². The Morgan fingerprint density at radius 3 is 1.53 bits per heavy atom. The number of aliphatic carboxylic acids is 1. The number of hydrogen-bond donors (Lipinski definition) is 15. The van der Waals surface area contributed by atoms with Crippen LogP contribution in [0.4, 0.5) is 0 Å². The number of aliphatic imine (C=N–C) groups is 1.